The van der Waals surface area contributed by atoms with Crippen LogP contribution in [0.5, 0.6) is 0 Å². The van der Waals surface area contributed by atoms with Crippen molar-refractivity contribution in [1.29, 1.82) is 0 Å². The predicted octanol–water partition coefficient (Wildman–Crippen LogP) is 1.66. The van der Waals surface area contributed by atoms with Gasteiger partial charge in [0.25, 0.3) is 0 Å². The monoisotopic (exact) mass is 297 g/mol. The van der Waals surface area contributed by atoms with Crippen molar-refractivity contribution in [2.75, 3.05) is 45.6 Å². The molecule has 1 N–H and O–H groups in total. The zero-order valence-corrected chi connectivity index (χ0v) is 13.5. The van der Waals surface area contributed by atoms with E-state index in [0.29, 0.717) is 17.0 Å². The zero-order chi connectivity index (χ0) is 14.7. The van der Waals surface area contributed by atoms with Crippen molar-refractivity contribution in [3.8, 4) is 0 Å². The molecule has 1 unspecified atom stereocenters. The molecule has 1 saturated heterocycles. The van der Waals surface area contributed by atoms with E-state index < -0.39 is 0 Å². The maximum absolute atomic E-state index is 6.20. The fourth-order valence-electron chi connectivity index (χ4n) is 2.56. The third-order valence-corrected chi connectivity index (χ3v) is 4.22. The summed E-state index contributed by atoms with van der Waals surface area (Å²) in [6.45, 7) is 8.13. The number of aryl methyl sites for hydroxylation is 1. The average Bonchev–Trinajstić information content (AvgIpc) is 2.39. The zero-order valence-electron chi connectivity index (χ0n) is 12.8. The number of likely N-dealkylation sites (N-methyl/N-ethyl adjacent to an activating group) is 2. The van der Waals surface area contributed by atoms with E-state index in [0.717, 1.165) is 44.0 Å². The van der Waals surface area contributed by atoms with E-state index in [-0.39, 0.29) is 0 Å². The number of nitrogens with one attached hydrogen (secondary N) is 1. The van der Waals surface area contributed by atoms with Crippen molar-refractivity contribution in [1.82, 2.24) is 19.8 Å². The number of piperazine rings is 1. The maximum atomic E-state index is 6.20. The summed E-state index contributed by atoms with van der Waals surface area (Å²) >= 11 is 6.20. The standard InChI is InChI=1S/C14H24ClN5/c1-5-12-13(15)17-10(2)18-14(12)16-8-11-9-19(3)6-7-20(11)4/h11H,5-9H2,1-4H3,(H,16,17,18). The first-order chi connectivity index (χ1) is 9.51. The van der Waals surface area contributed by atoms with Crippen molar-refractivity contribution < 1.29 is 0 Å². The highest BCUT2D eigenvalue weighted by Crippen LogP contribution is 2.22. The summed E-state index contributed by atoms with van der Waals surface area (Å²) in [5.41, 5.74) is 1.00. The molecule has 2 heterocycles. The van der Waals surface area contributed by atoms with Gasteiger partial charge in [0.15, 0.2) is 0 Å². The highest BCUT2D eigenvalue weighted by molar-refractivity contribution is 6.30. The van der Waals surface area contributed by atoms with Crippen LogP contribution in [-0.4, -0.2) is 66.1 Å². The average molecular weight is 298 g/mol. The summed E-state index contributed by atoms with van der Waals surface area (Å²) in [6, 6.07) is 0.493. The molecule has 1 fully saturated rings. The summed E-state index contributed by atoms with van der Waals surface area (Å²) in [6.07, 6.45) is 0.835. The van der Waals surface area contributed by atoms with Crippen LogP contribution >= 0.6 is 11.6 Å². The number of anilines is 1. The van der Waals surface area contributed by atoms with Crippen molar-refractivity contribution >= 4 is 17.4 Å². The van der Waals surface area contributed by atoms with Gasteiger partial charge in [0.1, 0.15) is 16.8 Å². The van der Waals surface area contributed by atoms with Crippen LogP contribution in [0.3, 0.4) is 0 Å². The van der Waals surface area contributed by atoms with Gasteiger partial charge in [-0.2, -0.15) is 0 Å². The van der Waals surface area contributed by atoms with Gasteiger partial charge >= 0.3 is 0 Å². The number of hydrogen-bond acceptors (Lipinski definition) is 5. The molecule has 0 spiro atoms. The molecule has 0 saturated carbocycles. The normalized spacial score (nSPS) is 21.1. The molecule has 0 bridgehead atoms. The molecule has 6 heteroatoms. The van der Waals surface area contributed by atoms with Crippen LogP contribution in [0.4, 0.5) is 5.82 Å². The lowest BCUT2D eigenvalue weighted by molar-refractivity contribution is 0.122. The Hall–Kier alpha value is -0.910. The highest BCUT2D eigenvalue weighted by atomic mass is 35.5. The van der Waals surface area contributed by atoms with Crippen LogP contribution in [0.25, 0.3) is 0 Å². The van der Waals surface area contributed by atoms with Gasteiger partial charge in [0.2, 0.25) is 0 Å². The van der Waals surface area contributed by atoms with Crippen molar-refractivity contribution in [3.05, 3.63) is 16.5 Å². The van der Waals surface area contributed by atoms with Crippen LogP contribution in [0.1, 0.15) is 18.3 Å². The number of rotatable bonds is 4. The first kappa shape index (κ1) is 15.5. The van der Waals surface area contributed by atoms with Crippen molar-refractivity contribution in [2.45, 2.75) is 26.3 Å². The van der Waals surface area contributed by atoms with Gasteiger partial charge in [-0.1, -0.05) is 18.5 Å². The fraction of sp³-hybridized carbons (Fsp3) is 0.714. The molecule has 2 rings (SSSR count). The maximum Gasteiger partial charge on any atom is 0.138 e. The van der Waals surface area contributed by atoms with Crippen LogP contribution in [0.2, 0.25) is 5.15 Å². The number of aromatic nitrogens is 2. The van der Waals surface area contributed by atoms with E-state index in [2.05, 4.69) is 46.1 Å². The Morgan fingerprint density at radius 1 is 1.30 bits per heavy atom. The van der Waals surface area contributed by atoms with Gasteiger partial charge in [-0.25, -0.2) is 9.97 Å². The molecule has 112 valence electrons. The minimum atomic E-state index is 0.493. The summed E-state index contributed by atoms with van der Waals surface area (Å²) in [5, 5.41) is 4.03. The lowest BCUT2D eigenvalue weighted by atomic mass is 10.1. The topological polar surface area (TPSA) is 44.3 Å². The molecule has 5 nitrogen and oxygen atoms in total. The Morgan fingerprint density at radius 2 is 2.05 bits per heavy atom. The van der Waals surface area contributed by atoms with E-state index in [1.165, 1.54) is 0 Å². The van der Waals surface area contributed by atoms with Crippen LogP contribution in [0, 0.1) is 6.92 Å². The van der Waals surface area contributed by atoms with Crippen LogP contribution < -0.4 is 5.32 Å². The number of halogens is 1. The molecule has 0 radical (unpaired) electrons. The van der Waals surface area contributed by atoms with E-state index in [4.69, 9.17) is 11.6 Å². The molecule has 1 aromatic heterocycles. The lowest BCUT2D eigenvalue weighted by Gasteiger charge is -2.37. The second-order valence-corrected chi connectivity index (χ2v) is 5.88. The Morgan fingerprint density at radius 3 is 2.75 bits per heavy atom. The largest absolute Gasteiger partial charge is 0.368 e. The number of hydrogen-bond donors (Lipinski definition) is 1. The van der Waals surface area contributed by atoms with E-state index in [1.807, 2.05) is 6.92 Å². The third kappa shape index (κ3) is 3.59. The predicted molar refractivity (Wildman–Crippen MR) is 83.6 cm³/mol. The fourth-order valence-corrected chi connectivity index (χ4v) is 2.90. The van der Waals surface area contributed by atoms with E-state index in [9.17, 15) is 0 Å². The summed E-state index contributed by atoms with van der Waals surface area (Å²) in [7, 11) is 4.35. The summed E-state index contributed by atoms with van der Waals surface area (Å²) in [4.78, 5) is 13.5. The third-order valence-electron chi connectivity index (χ3n) is 3.91. The van der Waals surface area contributed by atoms with Gasteiger partial charge in [0, 0.05) is 37.8 Å². The molecular weight excluding hydrogens is 274 g/mol. The molecule has 0 aliphatic carbocycles. The minimum Gasteiger partial charge on any atom is -0.368 e. The molecule has 0 amide bonds. The molecule has 1 aliphatic heterocycles. The Kier molecular flexibility index (Phi) is 5.18. The second-order valence-electron chi connectivity index (χ2n) is 5.52. The number of nitrogens with zero attached hydrogens (tertiary/aromatic N) is 4. The Labute approximate surface area is 126 Å². The van der Waals surface area contributed by atoms with Crippen LogP contribution in [0.15, 0.2) is 0 Å². The quantitative estimate of drug-likeness (QED) is 0.856. The minimum absolute atomic E-state index is 0.493. The SMILES string of the molecule is CCc1c(Cl)nc(C)nc1NCC1CN(C)CCN1C. The van der Waals surface area contributed by atoms with Gasteiger partial charge < -0.3 is 10.2 Å². The molecule has 1 atom stereocenters. The van der Waals surface area contributed by atoms with Crippen LogP contribution in [-0.2, 0) is 6.42 Å². The molecule has 1 aromatic rings. The van der Waals surface area contributed by atoms with Crippen molar-refractivity contribution in [2.24, 2.45) is 0 Å². The summed E-state index contributed by atoms with van der Waals surface area (Å²) < 4.78 is 0. The summed E-state index contributed by atoms with van der Waals surface area (Å²) in [5.74, 6) is 1.59. The molecule has 0 aromatic carbocycles. The molecule has 1 aliphatic rings. The lowest BCUT2D eigenvalue weighted by Crippen LogP contribution is -2.52. The van der Waals surface area contributed by atoms with Gasteiger partial charge in [-0.15, -0.1) is 0 Å². The van der Waals surface area contributed by atoms with E-state index in [1.54, 1.807) is 0 Å². The second kappa shape index (κ2) is 6.70. The van der Waals surface area contributed by atoms with Gasteiger partial charge in [0.05, 0.1) is 0 Å². The molecule has 20 heavy (non-hydrogen) atoms. The first-order valence-corrected chi connectivity index (χ1v) is 7.54. The van der Waals surface area contributed by atoms with Gasteiger partial charge in [-0.05, 0) is 27.4 Å². The molecular formula is C14H24ClN5. The smallest absolute Gasteiger partial charge is 0.138 e. The van der Waals surface area contributed by atoms with Gasteiger partial charge in [-0.3, -0.25) is 4.90 Å². The Bertz CT molecular complexity index is 465. The Balaban J connectivity index is 2.06. The highest BCUT2D eigenvalue weighted by Gasteiger charge is 2.22. The first-order valence-electron chi connectivity index (χ1n) is 7.17. The van der Waals surface area contributed by atoms with E-state index >= 15 is 0 Å². The van der Waals surface area contributed by atoms with Crippen molar-refractivity contribution in [3.63, 3.8) is 0 Å².